The van der Waals surface area contributed by atoms with Gasteiger partial charge in [0.2, 0.25) is 11.8 Å². The summed E-state index contributed by atoms with van der Waals surface area (Å²) in [6, 6.07) is 14.4. The molecule has 1 saturated heterocycles. The van der Waals surface area contributed by atoms with Crippen molar-refractivity contribution in [2.75, 3.05) is 0 Å². The molecule has 0 saturated carbocycles. The number of rotatable bonds is 8. The third-order valence-electron chi connectivity index (χ3n) is 4.97. The molecule has 0 aliphatic carbocycles. The highest BCUT2D eigenvalue weighted by Gasteiger charge is 2.30. The van der Waals surface area contributed by atoms with E-state index in [9.17, 15) is 14.0 Å². The summed E-state index contributed by atoms with van der Waals surface area (Å²) >= 11 is 1.01. The number of amides is 2. The minimum absolute atomic E-state index is 0.0977. The zero-order chi connectivity index (χ0) is 21.8. The Labute approximate surface area is 183 Å². The maximum Gasteiger partial charge on any atom is 0.286 e. The second-order valence-corrected chi connectivity index (χ2v) is 8.39. The van der Waals surface area contributed by atoms with Crippen molar-refractivity contribution in [3.05, 3.63) is 71.4 Å². The molecular weight excluding hydrogens is 419 g/mol. The summed E-state index contributed by atoms with van der Waals surface area (Å²) in [5.74, 6) is 0.573. The van der Waals surface area contributed by atoms with Gasteiger partial charge in [-0.05, 0) is 56.0 Å². The van der Waals surface area contributed by atoms with Crippen LogP contribution in [0.1, 0.15) is 29.9 Å². The molecule has 0 bridgehead atoms. The van der Waals surface area contributed by atoms with Gasteiger partial charge in [0, 0.05) is 5.56 Å². The van der Waals surface area contributed by atoms with Crippen LogP contribution in [0.5, 0.6) is 5.75 Å². The monoisotopic (exact) mass is 440 g/mol. The molecular formula is C23H21FN2O4S. The van der Waals surface area contributed by atoms with Gasteiger partial charge in [0.05, 0.1) is 5.25 Å². The van der Waals surface area contributed by atoms with Crippen molar-refractivity contribution in [2.45, 2.75) is 38.0 Å². The number of aromatic nitrogens is 1. The fourth-order valence-electron chi connectivity index (χ4n) is 3.30. The predicted octanol–water partition coefficient (Wildman–Crippen LogP) is 5.04. The van der Waals surface area contributed by atoms with E-state index in [0.29, 0.717) is 36.6 Å². The Balaban J connectivity index is 1.32. The normalized spacial score (nSPS) is 15.9. The summed E-state index contributed by atoms with van der Waals surface area (Å²) in [5, 5.41) is 1.61. The summed E-state index contributed by atoms with van der Waals surface area (Å²) in [6.45, 7) is 1.90. The number of hydrogen-bond acceptors (Lipinski definition) is 6. The SMILES string of the molecule is Cc1oc(-c2ccccc2)nc1COc1ccc(CCCC2SC(=O)NC2=O)cc1F. The topological polar surface area (TPSA) is 81.4 Å². The first kappa shape index (κ1) is 21.1. The van der Waals surface area contributed by atoms with Crippen LogP contribution in [0, 0.1) is 12.7 Å². The zero-order valence-corrected chi connectivity index (χ0v) is 17.7. The molecule has 160 valence electrons. The number of ether oxygens (including phenoxy) is 1. The number of benzene rings is 2. The molecule has 3 aromatic rings. The highest BCUT2D eigenvalue weighted by molar-refractivity contribution is 8.15. The van der Waals surface area contributed by atoms with Crippen LogP contribution in [0.2, 0.25) is 0 Å². The molecule has 2 aromatic carbocycles. The lowest BCUT2D eigenvalue weighted by molar-refractivity contribution is -0.119. The molecule has 6 nitrogen and oxygen atoms in total. The minimum atomic E-state index is -0.454. The van der Waals surface area contributed by atoms with E-state index in [-0.39, 0.29) is 28.8 Å². The summed E-state index contributed by atoms with van der Waals surface area (Å²) in [7, 11) is 0. The average Bonchev–Trinajstić information content (AvgIpc) is 3.29. The number of imide groups is 1. The molecule has 4 rings (SSSR count). The van der Waals surface area contributed by atoms with Crippen molar-refractivity contribution in [3.8, 4) is 17.2 Å². The smallest absolute Gasteiger partial charge is 0.286 e. The van der Waals surface area contributed by atoms with Gasteiger partial charge in [-0.3, -0.25) is 14.9 Å². The third-order valence-corrected chi connectivity index (χ3v) is 6.02. The molecule has 2 heterocycles. The molecule has 1 aliphatic heterocycles. The van der Waals surface area contributed by atoms with E-state index in [0.717, 1.165) is 22.9 Å². The zero-order valence-electron chi connectivity index (χ0n) is 16.9. The molecule has 1 N–H and O–H groups in total. The van der Waals surface area contributed by atoms with Crippen LogP contribution in [0.4, 0.5) is 9.18 Å². The van der Waals surface area contributed by atoms with Gasteiger partial charge in [-0.2, -0.15) is 0 Å². The van der Waals surface area contributed by atoms with Crippen LogP contribution < -0.4 is 10.1 Å². The van der Waals surface area contributed by atoms with Crippen LogP contribution in [-0.4, -0.2) is 21.4 Å². The average molecular weight is 440 g/mol. The Morgan fingerprint density at radius 2 is 2.00 bits per heavy atom. The second-order valence-electron chi connectivity index (χ2n) is 7.22. The van der Waals surface area contributed by atoms with Crippen LogP contribution in [0.3, 0.4) is 0 Å². The molecule has 1 unspecified atom stereocenters. The Morgan fingerprint density at radius 1 is 1.19 bits per heavy atom. The van der Waals surface area contributed by atoms with Gasteiger partial charge in [-0.15, -0.1) is 0 Å². The van der Waals surface area contributed by atoms with Gasteiger partial charge in [0.25, 0.3) is 5.24 Å². The van der Waals surface area contributed by atoms with Gasteiger partial charge in [0.1, 0.15) is 18.1 Å². The van der Waals surface area contributed by atoms with E-state index in [1.807, 2.05) is 30.3 Å². The lowest BCUT2D eigenvalue weighted by Crippen LogP contribution is -2.24. The van der Waals surface area contributed by atoms with Crippen molar-refractivity contribution < 1.29 is 23.1 Å². The first-order valence-electron chi connectivity index (χ1n) is 9.94. The first-order chi connectivity index (χ1) is 15.0. The predicted molar refractivity (Wildman–Crippen MR) is 115 cm³/mol. The first-order valence-corrected chi connectivity index (χ1v) is 10.8. The Kier molecular flexibility index (Phi) is 6.36. The van der Waals surface area contributed by atoms with E-state index < -0.39 is 5.82 Å². The van der Waals surface area contributed by atoms with Crippen LogP contribution in [0.25, 0.3) is 11.5 Å². The lowest BCUT2D eigenvalue weighted by Gasteiger charge is -2.09. The minimum Gasteiger partial charge on any atom is -0.484 e. The Morgan fingerprint density at radius 3 is 2.71 bits per heavy atom. The van der Waals surface area contributed by atoms with Crippen LogP contribution >= 0.6 is 11.8 Å². The quantitative estimate of drug-likeness (QED) is 0.528. The number of thioether (sulfide) groups is 1. The molecule has 8 heteroatoms. The highest BCUT2D eigenvalue weighted by atomic mass is 32.2. The van der Waals surface area contributed by atoms with Crippen LogP contribution in [-0.2, 0) is 17.8 Å². The van der Waals surface area contributed by atoms with E-state index in [1.165, 1.54) is 6.07 Å². The number of halogens is 1. The molecule has 2 amide bonds. The van der Waals surface area contributed by atoms with Gasteiger partial charge in [0.15, 0.2) is 11.6 Å². The Bertz CT molecular complexity index is 1100. The van der Waals surface area contributed by atoms with E-state index in [1.54, 1.807) is 19.1 Å². The number of hydrogen-bond donors (Lipinski definition) is 1. The molecule has 1 aromatic heterocycles. The summed E-state index contributed by atoms with van der Waals surface area (Å²) in [6.07, 6.45) is 1.86. The van der Waals surface area contributed by atoms with Gasteiger partial charge >= 0.3 is 0 Å². The highest BCUT2D eigenvalue weighted by Crippen LogP contribution is 2.26. The fourth-order valence-corrected chi connectivity index (χ4v) is 4.17. The van der Waals surface area contributed by atoms with Gasteiger partial charge in [-0.25, -0.2) is 9.37 Å². The van der Waals surface area contributed by atoms with Crippen LogP contribution in [0.15, 0.2) is 52.9 Å². The van der Waals surface area contributed by atoms with Gasteiger partial charge < -0.3 is 9.15 Å². The second kappa shape index (κ2) is 9.34. The maximum absolute atomic E-state index is 14.5. The molecule has 0 spiro atoms. The number of carbonyl (C=O) groups excluding carboxylic acids is 2. The summed E-state index contributed by atoms with van der Waals surface area (Å²) in [4.78, 5) is 27.2. The number of nitrogens with zero attached hydrogens (tertiary/aromatic N) is 1. The largest absolute Gasteiger partial charge is 0.484 e. The molecule has 1 aliphatic rings. The molecule has 1 atom stereocenters. The maximum atomic E-state index is 14.5. The number of carbonyl (C=O) groups is 2. The number of oxazole rings is 1. The van der Waals surface area contributed by atoms with Crippen molar-refractivity contribution in [3.63, 3.8) is 0 Å². The van der Waals surface area contributed by atoms with E-state index in [4.69, 9.17) is 9.15 Å². The summed E-state index contributed by atoms with van der Waals surface area (Å²) in [5.41, 5.74) is 2.29. The molecule has 1 fully saturated rings. The summed E-state index contributed by atoms with van der Waals surface area (Å²) < 4.78 is 25.8. The van der Waals surface area contributed by atoms with E-state index >= 15 is 0 Å². The number of aryl methyl sites for hydroxylation is 2. The lowest BCUT2D eigenvalue weighted by atomic mass is 10.1. The van der Waals surface area contributed by atoms with Crippen molar-refractivity contribution in [2.24, 2.45) is 0 Å². The van der Waals surface area contributed by atoms with Crippen molar-refractivity contribution in [1.82, 2.24) is 10.3 Å². The van der Waals surface area contributed by atoms with Crippen molar-refractivity contribution >= 4 is 22.9 Å². The number of nitrogens with one attached hydrogen (secondary N) is 1. The van der Waals surface area contributed by atoms with Gasteiger partial charge in [-0.1, -0.05) is 36.0 Å². The molecule has 0 radical (unpaired) electrons. The van der Waals surface area contributed by atoms with E-state index in [2.05, 4.69) is 10.3 Å². The van der Waals surface area contributed by atoms with Crippen molar-refractivity contribution in [1.29, 1.82) is 0 Å². The standard InChI is InChI=1S/C23H21FN2O4S/c1-14-18(25-22(30-14)16-7-3-2-4-8-16)13-29-19-11-10-15(12-17(19)24)6-5-9-20-21(27)26-23(28)31-20/h2-4,7-8,10-12,20H,5-6,9,13H2,1H3,(H,26,27,28). The Hall–Kier alpha value is -3.13. The third kappa shape index (κ3) is 5.14. The molecule has 31 heavy (non-hydrogen) atoms. The fraction of sp³-hybridized carbons (Fsp3) is 0.261.